The quantitative estimate of drug-likeness (QED) is 0.778. The third kappa shape index (κ3) is 6.63. The highest BCUT2D eigenvalue weighted by atomic mass is 32.2. The second-order valence-corrected chi connectivity index (χ2v) is 7.92. The predicted octanol–water partition coefficient (Wildman–Crippen LogP) is 3.55. The van der Waals surface area contributed by atoms with E-state index in [4.69, 9.17) is 0 Å². The lowest BCUT2D eigenvalue weighted by Gasteiger charge is -2.21. The first kappa shape index (κ1) is 19.1. The summed E-state index contributed by atoms with van der Waals surface area (Å²) >= 11 is 1.47. The summed E-state index contributed by atoms with van der Waals surface area (Å²) in [5.74, 6) is -0.374. The summed E-state index contributed by atoms with van der Waals surface area (Å²) in [6.07, 6.45) is 0. The molecule has 25 heavy (non-hydrogen) atoms. The number of rotatable bonds is 6. The summed E-state index contributed by atoms with van der Waals surface area (Å²) in [7, 11) is 0. The Morgan fingerprint density at radius 2 is 1.52 bits per heavy atom. The van der Waals surface area contributed by atoms with Crippen molar-refractivity contribution in [1.29, 1.82) is 0 Å². The van der Waals surface area contributed by atoms with Crippen LogP contribution in [0.4, 0.5) is 0 Å². The average molecular weight is 356 g/mol. The Labute approximate surface area is 153 Å². The Morgan fingerprint density at radius 3 is 2.08 bits per heavy atom. The van der Waals surface area contributed by atoms with Crippen molar-refractivity contribution in [2.45, 2.75) is 36.5 Å². The first-order valence-corrected chi connectivity index (χ1v) is 9.08. The Kier molecular flexibility index (Phi) is 6.65. The van der Waals surface area contributed by atoms with Crippen LogP contribution < -0.4 is 10.6 Å². The van der Waals surface area contributed by atoms with Crippen molar-refractivity contribution in [3.63, 3.8) is 0 Å². The molecule has 2 N–H and O–H groups in total. The molecule has 0 bridgehead atoms. The zero-order valence-corrected chi connectivity index (χ0v) is 15.6. The first-order chi connectivity index (χ1) is 11.8. The number of amides is 2. The van der Waals surface area contributed by atoms with E-state index in [1.165, 1.54) is 11.8 Å². The topological polar surface area (TPSA) is 58.2 Å². The van der Waals surface area contributed by atoms with Crippen molar-refractivity contribution in [3.8, 4) is 0 Å². The number of hydrogen-bond donors (Lipinski definition) is 2. The molecule has 2 aromatic carbocycles. The Bertz CT molecular complexity index is 697. The lowest BCUT2D eigenvalue weighted by Crippen LogP contribution is -2.46. The van der Waals surface area contributed by atoms with Crippen LogP contribution in [0.3, 0.4) is 0 Å². The third-order valence-electron chi connectivity index (χ3n) is 3.28. The summed E-state index contributed by atoms with van der Waals surface area (Å²) in [5, 5.41) is 5.18. The molecule has 0 saturated carbocycles. The SMILES string of the molecule is CC(C)(C)NC(=O)CNC(=O)C(Sc1ccccc1)c1ccccc1. The Morgan fingerprint density at radius 1 is 0.960 bits per heavy atom. The summed E-state index contributed by atoms with van der Waals surface area (Å²) in [6.45, 7) is 5.69. The molecule has 0 radical (unpaired) electrons. The van der Waals surface area contributed by atoms with E-state index in [1.807, 2.05) is 81.4 Å². The van der Waals surface area contributed by atoms with Gasteiger partial charge in [-0.2, -0.15) is 0 Å². The Hall–Kier alpha value is -2.27. The molecule has 0 aliphatic heterocycles. The fourth-order valence-electron chi connectivity index (χ4n) is 2.26. The standard InChI is InChI=1S/C20H24N2O2S/c1-20(2,3)22-17(23)14-21-19(24)18(15-10-6-4-7-11-15)25-16-12-8-5-9-13-16/h4-13,18H,14H2,1-3H3,(H,21,24)(H,22,23). The number of carbonyl (C=O) groups is 2. The number of benzene rings is 2. The number of hydrogen-bond acceptors (Lipinski definition) is 3. The summed E-state index contributed by atoms with van der Waals surface area (Å²) in [6, 6.07) is 19.4. The molecule has 1 unspecified atom stereocenters. The van der Waals surface area contributed by atoms with Gasteiger partial charge in [-0.25, -0.2) is 0 Å². The van der Waals surface area contributed by atoms with E-state index >= 15 is 0 Å². The van der Waals surface area contributed by atoms with E-state index in [0.29, 0.717) is 0 Å². The van der Waals surface area contributed by atoms with Gasteiger partial charge in [0.05, 0.1) is 6.54 Å². The highest BCUT2D eigenvalue weighted by Crippen LogP contribution is 2.35. The lowest BCUT2D eigenvalue weighted by molar-refractivity contribution is -0.126. The maximum absolute atomic E-state index is 12.7. The molecule has 4 nitrogen and oxygen atoms in total. The molecule has 132 valence electrons. The largest absolute Gasteiger partial charge is 0.350 e. The van der Waals surface area contributed by atoms with Crippen molar-refractivity contribution in [2.24, 2.45) is 0 Å². The molecule has 0 saturated heterocycles. The van der Waals surface area contributed by atoms with Crippen LogP contribution in [0.1, 0.15) is 31.6 Å². The van der Waals surface area contributed by atoms with Crippen LogP contribution in [-0.4, -0.2) is 23.9 Å². The van der Waals surface area contributed by atoms with Gasteiger partial charge in [-0.15, -0.1) is 11.8 Å². The zero-order chi connectivity index (χ0) is 18.3. The van der Waals surface area contributed by atoms with Crippen LogP contribution in [0.15, 0.2) is 65.6 Å². The van der Waals surface area contributed by atoms with Crippen LogP contribution in [0.2, 0.25) is 0 Å². The van der Waals surface area contributed by atoms with Gasteiger partial charge in [0.2, 0.25) is 11.8 Å². The minimum absolute atomic E-state index is 0.0329. The van der Waals surface area contributed by atoms with Crippen molar-refractivity contribution in [1.82, 2.24) is 10.6 Å². The normalized spacial score (nSPS) is 12.3. The summed E-state index contributed by atoms with van der Waals surface area (Å²) in [5.41, 5.74) is 0.587. The van der Waals surface area contributed by atoms with E-state index in [1.54, 1.807) is 0 Å². The third-order valence-corrected chi connectivity index (χ3v) is 4.54. The van der Waals surface area contributed by atoms with Crippen molar-refractivity contribution in [2.75, 3.05) is 6.54 Å². The molecule has 0 aliphatic rings. The zero-order valence-electron chi connectivity index (χ0n) is 14.8. The molecule has 0 fully saturated rings. The molecule has 0 heterocycles. The molecule has 0 spiro atoms. The molecule has 0 aromatic heterocycles. The molecular weight excluding hydrogens is 332 g/mol. The second-order valence-electron chi connectivity index (χ2n) is 6.74. The molecule has 1 atom stereocenters. The lowest BCUT2D eigenvalue weighted by atomic mass is 10.1. The first-order valence-electron chi connectivity index (χ1n) is 8.20. The fraction of sp³-hybridized carbons (Fsp3) is 0.300. The van der Waals surface area contributed by atoms with E-state index in [-0.39, 0.29) is 23.9 Å². The van der Waals surface area contributed by atoms with Crippen molar-refractivity contribution in [3.05, 3.63) is 66.2 Å². The Balaban J connectivity index is 2.07. The fourth-order valence-corrected chi connectivity index (χ4v) is 3.33. The van der Waals surface area contributed by atoms with Gasteiger partial charge in [-0.1, -0.05) is 48.5 Å². The predicted molar refractivity (Wildman–Crippen MR) is 102 cm³/mol. The van der Waals surface area contributed by atoms with Crippen LogP contribution in [0.25, 0.3) is 0 Å². The molecule has 2 aromatic rings. The van der Waals surface area contributed by atoms with Gasteiger partial charge in [0.25, 0.3) is 0 Å². The smallest absolute Gasteiger partial charge is 0.239 e. The van der Waals surface area contributed by atoms with Crippen molar-refractivity contribution >= 4 is 23.6 Å². The van der Waals surface area contributed by atoms with Crippen LogP contribution in [-0.2, 0) is 9.59 Å². The van der Waals surface area contributed by atoms with Crippen LogP contribution in [0.5, 0.6) is 0 Å². The van der Waals surface area contributed by atoms with E-state index in [0.717, 1.165) is 10.5 Å². The summed E-state index contributed by atoms with van der Waals surface area (Å²) < 4.78 is 0. The van der Waals surface area contributed by atoms with Crippen molar-refractivity contribution < 1.29 is 9.59 Å². The van der Waals surface area contributed by atoms with Gasteiger partial charge < -0.3 is 10.6 Å². The average Bonchev–Trinajstić information content (AvgIpc) is 2.58. The van der Waals surface area contributed by atoms with Crippen LogP contribution >= 0.6 is 11.8 Å². The van der Waals surface area contributed by atoms with E-state index in [2.05, 4.69) is 10.6 Å². The second kappa shape index (κ2) is 8.72. The minimum atomic E-state index is -0.411. The van der Waals surface area contributed by atoms with Gasteiger partial charge in [0.1, 0.15) is 5.25 Å². The van der Waals surface area contributed by atoms with Gasteiger partial charge in [0, 0.05) is 10.4 Å². The molecule has 2 amide bonds. The van der Waals surface area contributed by atoms with Gasteiger partial charge >= 0.3 is 0 Å². The number of thioether (sulfide) groups is 1. The maximum atomic E-state index is 12.7. The molecule has 2 rings (SSSR count). The monoisotopic (exact) mass is 356 g/mol. The van der Waals surface area contributed by atoms with E-state index < -0.39 is 5.25 Å². The highest BCUT2D eigenvalue weighted by molar-refractivity contribution is 8.00. The molecule has 0 aliphatic carbocycles. The number of nitrogens with one attached hydrogen (secondary N) is 2. The minimum Gasteiger partial charge on any atom is -0.350 e. The summed E-state index contributed by atoms with van der Waals surface area (Å²) in [4.78, 5) is 25.7. The van der Waals surface area contributed by atoms with Gasteiger partial charge in [-0.3, -0.25) is 9.59 Å². The highest BCUT2D eigenvalue weighted by Gasteiger charge is 2.23. The van der Waals surface area contributed by atoms with E-state index in [9.17, 15) is 9.59 Å². The number of carbonyl (C=O) groups excluding carboxylic acids is 2. The maximum Gasteiger partial charge on any atom is 0.239 e. The molecular formula is C20H24N2O2S. The van der Waals surface area contributed by atoms with Gasteiger partial charge in [-0.05, 0) is 38.5 Å². The molecule has 5 heteroatoms. The van der Waals surface area contributed by atoms with Gasteiger partial charge in [0.15, 0.2) is 0 Å². The van der Waals surface area contributed by atoms with Crippen LogP contribution in [0, 0.1) is 0 Å².